The molecule has 2 bridgehead atoms. The molecule has 220 valence electrons. The molecule has 43 heavy (non-hydrogen) atoms. The molecule has 6 rings (SSSR count). The molecule has 2 aliphatic rings. The molecule has 7 nitrogen and oxygen atoms in total. The molecule has 2 atom stereocenters. The van der Waals surface area contributed by atoms with E-state index in [0.29, 0.717) is 47.4 Å². The average Bonchev–Trinajstić information content (AvgIpc) is 3.02. The van der Waals surface area contributed by atoms with Gasteiger partial charge in [0, 0.05) is 60.9 Å². The van der Waals surface area contributed by atoms with Gasteiger partial charge in [0.15, 0.2) is 0 Å². The van der Waals surface area contributed by atoms with Crippen LogP contribution in [-0.2, 0) is 12.3 Å². The number of amides is 2. The third-order valence-corrected chi connectivity index (χ3v) is 9.45. The van der Waals surface area contributed by atoms with Gasteiger partial charge in [-0.25, -0.2) is 0 Å². The van der Waals surface area contributed by atoms with E-state index in [1.165, 1.54) is 5.56 Å². The summed E-state index contributed by atoms with van der Waals surface area (Å²) >= 11 is 8.10. The average molecular weight is 613 g/mol. The van der Waals surface area contributed by atoms with Crippen LogP contribution in [0.3, 0.4) is 0 Å². The fourth-order valence-electron chi connectivity index (χ4n) is 6.08. The van der Waals surface area contributed by atoms with Crippen molar-refractivity contribution in [2.24, 2.45) is 5.92 Å². The molecule has 0 spiro atoms. The minimum atomic E-state index is -0.337. The normalized spacial score (nSPS) is 17.2. The Morgan fingerprint density at radius 1 is 0.884 bits per heavy atom. The molecule has 0 saturated carbocycles. The zero-order valence-corrected chi connectivity index (χ0v) is 25.2. The van der Waals surface area contributed by atoms with E-state index in [4.69, 9.17) is 11.6 Å². The first-order valence-corrected chi connectivity index (χ1v) is 16.0. The van der Waals surface area contributed by atoms with Crippen LogP contribution >= 0.6 is 23.4 Å². The summed E-state index contributed by atoms with van der Waals surface area (Å²) in [5.41, 5.74) is 4.59. The number of hydrogen-bond acceptors (Lipinski definition) is 5. The van der Waals surface area contributed by atoms with Crippen molar-refractivity contribution >= 4 is 46.6 Å². The Morgan fingerprint density at radius 2 is 1.70 bits per heavy atom. The maximum absolute atomic E-state index is 13.4. The number of carbonyl (C=O) groups excluding carboxylic acids is 2. The van der Waals surface area contributed by atoms with Gasteiger partial charge < -0.3 is 20.1 Å². The van der Waals surface area contributed by atoms with E-state index < -0.39 is 0 Å². The van der Waals surface area contributed by atoms with Crippen LogP contribution in [0, 0.1) is 5.92 Å². The van der Waals surface area contributed by atoms with Crippen LogP contribution in [0.4, 0.5) is 11.4 Å². The highest BCUT2D eigenvalue weighted by Gasteiger charge is 2.35. The number of anilines is 2. The van der Waals surface area contributed by atoms with Gasteiger partial charge in [0.25, 0.3) is 17.4 Å². The quantitative estimate of drug-likeness (QED) is 0.225. The SMILES string of the molecule is O=C(NCCSCc1ccccc1)c1ccc(N2C[C@H]3C[C@@H](C2)c2cccc(=O)n2C3)c(NC(=O)c2ccccc2Cl)c1. The lowest BCUT2D eigenvalue weighted by atomic mass is 9.83. The van der Waals surface area contributed by atoms with Gasteiger partial charge in [0.2, 0.25) is 0 Å². The van der Waals surface area contributed by atoms with Crippen LogP contribution < -0.4 is 21.1 Å². The highest BCUT2D eigenvalue weighted by molar-refractivity contribution is 7.98. The molecule has 1 aromatic heterocycles. The predicted octanol–water partition coefficient (Wildman–Crippen LogP) is 6.04. The Morgan fingerprint density at radius 3 is 2.53 bits per heavy atom. The number of piperidine rings is 1. The number of aromatic nitrogens is 1. The van der Waals surface area contributed by atoms with Crippen LogP contribution in [0.15, 0.2) is 95.8 Å². The smallest absolute Gasteiger partial charge is 0.257 e. The standard InChI is InChI=1S/C34H33ClN4O3S/c35-28-10-5-4-9-27(28)34(42)37-29-18-25(33(41)36-15-16-43-22-23-7-2-1-3-8-23)13-14-31(29)38-19-24-17-26(21-38)30-11-6-12-32(40)39(30)20-24/h1-14,18,24,26H,15-17,19-22H2,(H,36,41)(H,37,42)/t24-,26+/m1/s1. The second-order valence-electron chi connectivity index (χ2n) is 11.1. The minimum absolute atomic E-state index is 0.0437. The molecule has 2 amide bonds. The lowest BCUT2D eigenvalue weighted by Crippen LogP contribution is -2.47. The number of fused-ring (bicyclic) bond motifs is 4. The van der Waals surface area contributed by atoms with Crippen LogP contribution in [0.1, 0.15) is 44.3 Å². The summed E-state index contributed by atoms with van der Waals surface area (Å²) in [7, 11) is 0. The molecule has 4 aromatic rings. The molecular formula is C34H33ClN4O3S. The number of halogens is 1. The van der Waals surface area contributed by atoms with Gasteiger partial charge in [-0.1, -0.05) is 60.1 Å². The molecule has 0 radical (unpaired) electrons. The van der Waals surface area contributed by atoms with E-state index in [1.807, 2.05) is 47.0 Å². The fourth-order valence-corrected chi connectivity index (χ4v) is 7.12. The first kappa shape index (κ1) is 29.1. The topological polar surface area (TPSA) is 83.4 Å². The molecule has 1 saturated heterocycles. The Hall–Kier alpha value is -4.01. The largest absolute Gasteiger partial charge is 0.369 e. The Labute approximate surface area is 260 Å². The first-order valence-electron chi connectivity index (χ1n) is 14.5. The molecule has 9 heteroatoms. The monoisotopic (exact) mass is 612 g/mol. The summed E-state index contributed by atoms with van der Waals surface area (Å²) in [4.78, 5) is 41.3. The van der Waals surface area contributed by atoms with Crippen molar-refractivity contribution in [3.63, 3.8) is 0 Å². The van der Waals surface area contributed by atoms with Crippen molar-refractivity contribution in [3.8, 4) is 0 Å². The van der Waals surface area contributed by atoms with Crippen LogP contribution in [0.2, 0.25) is 5.02 Å². The van der Waals surface area contributed by atoms with Crippen molar-refractivity contribution in [3.05, 3.63) is 129 Å². The maximum Gasteiger partial charge on any atom is 0.257 e. The summed E-state index contributed by atoms with van der Waals surface area (Å²) in [6, 6.07) is 28.1. The number of carbonyl (C=O) groups is 2. The fraction of sp³-hybridized carbons (Fsp3) is 0.265. The number of nitrogens with zero attached hydrogens (tertiary/aromatic N) is 2. The Kier molecular flexibility index (Phi) is 8.86. The molecule has 0 unspecified atom stereocenters. The maximum atomic E-state index is 13.4. The number of rotatable bonds is 9. The van der Waals surface area contributed by atoms with E-state index in [-0.39, 0.29) is 23.3 Å². The molecular weight excluding hydrogens is 580 g/mol. The van der Waals surface area contributed by atoms with Crippen molar-refractivity contribution < 1.29 is 9.59 Å². The lowest BCUT2D eigenvalue weighted by Gasteiger charge is -2.44. The lowest BCUT2D eigenvalue weighted by molar-refractivity contribution is 0.0954. The van der Waals surface area contributed by atoms with Crippen LogP contribution in [0.25, 0.3) is 0 Å². The van der Waals surface area contributed by atoms with Gasteiger partial charge in [0.05, 0.1) is 22.0 Å². The first-order chi connectivity index (χ1) is 21.0. The van der Waals surface area contributed by atoms with Gasteiger partial charge in [-0.15, -0.1) is 0 Å². The molecule has 2 aliphatic heterocycles. The molecule has 0 aliphatic carbocycles. The van der Waals surface area contributed by atoms with Gasteiger partial charge in [-0.2, -0.15) is 11.8 Å². The summed E-state index contributed by atoms with van der Waals surface area (Å²) in [5.74, 6) is 1.65. The van der Waals surface area contributed by atoms with E-state index in [0.717, 1.165) is 35.9 Å². The zero-order valence-electron chi connectivity index (χ0n) is 23.7. The molecule has 3 aromatic carbocycles. The van der Waals surface area contributed by atoms with Gasteiger partial charge in [-0.3, -0.25) is 14.4 Å². The number of pyridine rings is 1. The summed E-state index contributed by atoms with van der Waals surface area (Å²) in [6.07, 6.45) is 1.02. The van der Waals surface area contributed by atoms with Gasteiger partial charge in [0.1, 0.15) is 0 Å². The number of hydrogen-bond donors (Lipinski definition) is 2. The number of nitrogens with one attached hydrogen (secondary N) is 2. The van der Waals surface area contributed by atoms with E-state index in [2.05, 4.69) is 27.7 Å². The molecule has 3 heterocycles. The highest BCUT2D eigenvalue weighted by atomic mass is 35.5. The van der Waals surface area contributed by atoms with Crippen molar-refractivity contribution in [1.29, 1.82) is 0 Å². The van der Waals surface area contributed by atoms with E-state index in [9.17, 15) is 14.4 Å². The molecule has 1 fully saturated rings. The van der Waals surface area contributed by atoms with Crippen LogP contribution in [0.5, 0.6) is 0 Å². The third-order valence-electron chi connectivity index (χ3n) is 8.09. The summed E-state index contributed by atoms with van der Waals surface area (Å²) in [6.45, 7) is 2.66. The second-order valence-corrected chi connectivity index (χ2v) is 12.6. The van der Waals surface area contributed by atoms with E-state index >= 15 is 0 Å². The summed E-state index contributed by atoms with van der Waals surface area (Å²) in [5, 5.41) is 6.42. The van der Waals surface area contributed by atoms with E-state index in [1.54, 1.807) is 48.2 Å². The second kappa shape index (κ2) is 13.1. The Bertz CT molecular complexity index is 1690. The Balaban J connectivity index is 1.21. The van der Waals surface area contributed by atoms with Crippen molar-refractivity contribution in [2.75, 3.05) is 35.6 Å². The van der Waals surface area contributed by atoms with Crippen LogP contribution in [-0.4, -0.2) is 41.8 Å². The zero-order chi connectivity index (χ0) is 29.8. The number of benzene rings is 3. The van der Waals surface area contributed by atoms with Gasteiger partial charge >= 0.3 is 0 Å². The molecule has 2 N–H and O–H groups in total. The van der Waals surface area contributed by atoms with Gasteiger partial charge in [-0.05, 0) is 54.3 Å². The predicted molar refractivity (Wildman–Crippen MR) is 175 cm³/mol. The summed E-state index contributed by atoms with van der Waals surface area (Å²) < 4.78 is 1.90. The van der Waals surface area contributed by atoms with Crippen molar-refractivity contribution in [2.45, 2.75) is 24.6 Å². The third kappa shape index (κ3) is 6.65. The number of thioether (sulfide) groups is 1. The van der Waals surface area contributed by atoms with Crippen molar-refractivity contribution in [1.82, 2.24) is 9.88 Å². The highest BCUT2D eigenvalue weighted by Crippen LogP contribution is 2.39. The minimum Gasteiger partial charge on any atom is -0.369 e.